The minimum atomic E-state index is 0. The van der Waals surface area contributed by atoms with Gasteiger partial charge in [-0.25, -0.2) is 0 Å². The summed E-state index contributed by atoms with van der Waals surface area (Å²) in [4.78, 5) is 0. The second kappa shape index (κ2) is 10.7. The molecule has 0 N–H and O–H groups in total. The van der Waals surface area contributed by atoms with Crippen molar-refractivity contribution >= 4 is 3.87 Å². The number of hydrogen-bond acceptors (Lipinski definition) is 0. The van der Waals surface area contributed by atoms with E-state index in [2.05, 4.69) is 124 Å². The van der Waals surface area contributed by atoms with Crippen molar-refractivity contribution in [2.75, 3.05) is 0 Å². The van der Waals surface area contributed by atoms with Gasteiger partial charge in [-0.2, -0.15) is 0 Å². The first kappa shape index (κ1) is 24.7. The summed E-state index contributed by atoms with van der Waals surface area (Å²) in [5, 5.41) is 0. The van der Waals surface area contributed by atoms with Crippen LogP contribution in [0.4, 0.5) is 0 Å². The van der Waals surface area contributed by atoms with Crippen LogP contribution in [-0.2, 0) is 20.4 Å². The summed E-state index contributed by atoms with van der Waals surface area (Å²) in [5.41, 5.74) is 8.46. The van der Waals surface area contributed by atoms with E-state index in [0.29, 0.717) is 11.8 Å². The molecule has 1 atom stereocenters. The van der Waals surface area contributed by atoms with Crippen molar-refractivity contribution in [3.05, 3.63) is 125 Å². The summed E-state index contributed by atoms with van der Waals surface area (Å²) in [6.07, 6.45) is 0. The molecule has 0 saturated carbocycles. The predicted octanol–water partition coefficient (Wildman–Crippen LogP) is -3.18. The second-order valence-corrected chi connectivity index (χ2v) is 7.97. The molecule has 0 aliphatic heterocycles. The van der Waals surface area contributed by atoms with E-state index in [1.807, 2.05) is 0 Å². The number of hydrogen-bond donors (Lipinski definition) is 0. The van der Waals surface area contributed by atoms with Crippen molar-refractivity contribution in [1.29, 1.82) is 0 Å². The van der Waals surface area contributed by atoms with Crippen LogP contribution in [0.25, 0.3) is 11.1 Å². The summed E-state index contributed by atoms with van der Waals surface area (Å²) in [5.74, 6) is 0.637. The molecule has 0 nitrogen and oxygen atoms in total. The molecular weight excluding hydrogens is 467 g/mol. The van der Waals surface area contributed by atoms with E-state index >= 15 is 0 Å². The number of rotatable bonds is 3. The molecule has 4 aromatic carbocycles. The van der Waals surface area contributed by atoms with Crippen LogP contribution in [-0.4, -0.2) is 0 Å². The van der Waals surface area contributed by atoms with Crippen LogP contribution in [0.1, 0.15) is 34.1 Å². The van der Waals surface area contributed by atoms with Crippen LogP contribution in [0.5, 0.6) is 0 Å². The van der Waals surface area contributed by atoms with Crippen molar-refractivity contribution in [3.8, 4) is 11.1 Å². The molecule has 0 bridgehead atoms. The maximum absolute atomic E-state index is 2.32. The van der Waals surface area contributed by atoms with Crippen LogP contribution >= 0.6 is 0 Å². The molecule has 1 aliphatic carbocycles. The van der Waals surface area contributed by atoms with Crippen molar-refractivity contribution in [1.82, 2.24) is 0 Å². The van der Waals surface area contributed by atoms with Gasteiger partial charge in [-0.3, -0.25) is 0 Å². The molecule has 0 radical (unpaired) electrons. The average Bonchev–Trinajstić information content (AvgIpc) is 3.06. The van der Waals surface area contributed by atoms with E-state index in [9.17, 15) is 0 Å². The zero-order chi connectivity index (χ0) is 18.2. The molecule has 30 heavy (non-hydrogen) atoms. The number of fused-ring (bicyclic) bond motifs is 3. The van der Waals surface area contributed by atoms with Gasteiger partial charge in [-0.1, -0.05) is 0 Å². The molecule has 0 fully saturated rings. The normalized spacial score (nSPS) is 13.4. The topological polar surface area (TPSA) is 0 Å². The van der Waals surface area contributed by atoms with Gasteiger partial charge >= 0.3 is 173 Å². The Morgan fingerprint density at radius 2 is 1.03 bits per heavy atom. The van der Waals surface area contributed by atoms with Crippen LogP contribution in [0, 0.1) is 0 Å². The molecule has 0 spiro atoms. The van der Waals surface area contributed by atoms with E-state index in [1.165, 1.54) is 37.2 Å². The Morgan fingerprint density at radius 1 is 0.533 bits per heavy atom. The summed E-state index contributed by atoms with van der Waals surface area (Å²) in [6, 6.07) is 37.6. The van der Waals surface area contributed by atoms with Crippen molar-refractivity contribution in [3.63, 3.8) is 0 Å². The van der Waals surface area contributed by atoms with Gasteiger partial charge in [0.25, 0.3) is 0 Å². The molecule has 148 valence electrons. The maximum atomic E-state index is 2.32. The third kappa shape index (κ3) is 4.26. The predicted molar refractivity (Wildman–Crippen MR) is 108 cm³/mol. The Bertz CT molecular complexity index is 1060. The first-order valence-electron chi connectivity index (χ1n) is 9.38. The molecule has 0 heterocycles. The van der Waals surface area contributed by atoms with E-state index in [1.54, 1.807) is 0 Å². The number of halogens is 3. The van der Waals surface area contributed by atoms with Crippen LogP contribution in [0.3, 0.4) is 0 Å². The van der Waals surface area contributed by atoms with E-state index < -0.39 is 0 Å². The molecule has 4 aromatic rings. The first-order valence-corrected chi connectivity index (χ1v) is 10.2. The molecule has 5 rings (SSSR count). The molecule has 0 saturated heterocycles. The van der Waals surface area contributed by atoms with Crippen molar-refractivity contribution in [2.24, 2.45) is 0 Å². The van der Waals surface area contributed by atoms with Gasteiger partial charge in [0.15, 0.2) is 0 Å². The standard InChI is InChI=1S/C26H19.3ClH.Ti/c1-3-11-19(12-4-1)25(20-13-5-2-6-14-20)26-23-17-9-7-15-21(23)22-16-8-10-18-24(22)26;;;;/h1-17,25-26H;3*1H;/q;;;;+3/p-3. The molecule has 1 aliphatic rings. The Morgan fingerprint density at radius 3 is 1.63 bits per heavy atom. The minimum absolute atomic E-state index is 0. The quantitative estimate of drug-likeness (QED) is 0.269. The summed E-state index contributed by atoms with van der Waals surface area (Å²) in [7, 11) is 0. The van der Waals surface area contributed by atoms with Gasteiger partial charge in [-0.05, 0) is 0 Å². The summed E-state index contributed by atoms with van der Waals surface area (Å²) < 4.78 is 1.38. The Kier molecular flexibility index (Phi) is 8.79. The Labute approximate surface area is 208 Å². The van der Waals surface area contributed by atoms with E-state index in [-0.39, 0.29) is 37.2 Å². The summed E-state index contributed by atoms with van der Waals surface area (Å²) >= 11 is 2.25. The molecular formula is C26H19Cl3Ti. The second-order valence-electron chi connectivity index (χ2n) is 7.13. The molecule has 4 heteroatoms. The fourth-order valence-corrected chi connectivity index (χ4v) is 5.15. The third-order valence-corrected chi connectivity index (χ3v) is 6.33. The Balaban J connectivity index is 0.00000107. The zero-order valence-electron chi connectivity index (χ0n) is 16.1. The molecule has 0 aromatic heterocycles. The van der Waals surface area contributed by atoms with Crippen molar-refractivity contribution < 1.29 is 57.7 Å². The first-order chi connectivity index (χ1) is 13.3. The molecule has 0 amide bonds. The fraction of sp³-hybridized carbons (Fsp3) is 0.0769. The van der Waals surface area contributed by atoms with Gasteiger partial charge in [0, 0.05) is 0 Å². The fourth-order valence-electron chi connectivity index (χ4n) is 4.55. The van der Waals surface area contributed by atoms with E-state index in [0.717, 1.165) is 0 Å². The van der Waals surface area contributed by atoms with Gasteiger partial charge < -0.3 is 37.2 Å². The van der Waals surface area contributed by atoms with Gasteiger partial charge in [0.2, 0.25) is 0 Å². The SMILES string of the molecule is [Cl-].[Cl-].[Cl-].[Ti+3][c]1cccc2c1C(C(c1ccccc1)c1ccccc1)c1ccccc1-2. The third-order valence-electron chi connectivity index (χ3n) is 5.65. The number of benzene rings is 4. The van der Waals surface area contributed by atoms with Crippen molar-refractivity contribution in [2.45, 2.75) is 11.8 Å². The zero-order valence-corrected chi connectivity index (χ0v) is 19.9. The summed E-state index contributed by atoms with van der Waals surface area (Å²) in [6.45, 7) is 0. The van der Waals surface area contributed by atoms with Crippen LogP contribution in [0.2, 0.25) is 0 Å². The van der Waals surface area contributed by atoms with Gasteiger partial charge in [-0.15, -0.1) is 0 Å². The van der Waals surface area contributed by atoms with Gasteiger partial charge in [0.05, 0.1) is 0 Å². The van der Waals surface area contributed by atoms with E-state index in [4.69, 9.17) is 0 Å². The monoisotopic (exact) mass is 484 g/mol. The van der Waals surface area contributed by atoms with Gasteiger partial charge in [0.1, 0.15) is 0 Å². The molecule has 1 unspecified atom stereocenters. The van der Waals surface area contributed by atoms with Crippen LogP contribution < -0.4 is 41.1 Å². The average molecular weight is 486 g/mol. The Hall–Kier alpha value is -1.54. The van der Waals surface area contributed by atoms with Crippen LogP contribution in [0.15, 0.2) is 103 Å².